The fraction of sp³-hybridized carbons (Fsp3) is 0.500. The maximum atomic E-state index is 12.9. The van der Waals surface area contributed by atoms with Crippen LogP contribution in [0, 0.1) is 12.7 Å². The normalized spacial score (nSPS) is 19.6. The van der Waals surface area contributed by atoms with Crippen LogP contribution in [0.15, 0.2) is 18.2 Å². The number of hydrogen-bond acceptors (Lipinski definition) is 2. The molecule has 3 nitrogen and oxygen atoms in total. The summed E-state index contributed by atoms with van der Waals surface area (Å²) in [6.07, 6.45) is 3.35. The van der Waals surface area contributed by atoms with Crippen molar-refractivity contribution in [2.45, 2.75) is 32.3 Å². The topological polar surface area (TPSA) is 38.3 Å². The van der Waals surface area contributed by atoms with E-state index in [0.29, 0.717) is 17.7 Å². The van der Waals surface area contributed by atoms with Crippen molar-refractivity contribution in [2.75, 3.05) is 13.2 Å². The first-order valence-electron chi connectivity index (χ1n) is 6.33. The second-order valence-corrected chi connectivity index (χ2v) is 4.66. The number of aryl methyl sites for hydroxylation is 1. The van der Waals surface area contributed by atoms with E-state index < -0.39 is 0 Å². The molecular weight excluding hydrogens is 233 g/mol. The van der Waals surface area contributed by atoms with Crippen molar-refractivity contribution in [3.63, 3.8) is 0 Å². The molecule has 0 aromatic heterocycles. The predicted molar refractivity (Wildman–Crippen MR) is 67.1 cm³/mol. The smallest absolute Gasteiger partial charge is 0.251 e. The summed E-state index contributed by atoms with van der Waals surface area (Å²) in [6.45, 7) is 3.03. The van der Waals surface area contributed by atoms with Crippen LogP contribution in [0.3, 0.4) is 0 Å². The Labute approximate surface area is 106 Å². The van der Waals surface area contributed by atoms with Crippen LogP contribution in [0.25, 0.3) is 0 Å². The van der Waals surface area contributed by atoms with Gasteiger partial charge in [0.1, 0.15) is 5.82 Å². The lowest BCUT2D eigenvalue weighted by molar-refractivity contribution is 0.0169. The van der Waals surface area contributed by atoms with E-state index in [-0.39, 0.29) is 17.8 Å². The van der Waals surface area contributed by atoms with Gasteiger partial charge in [0, 0.05) is 18.7 Å². The van der Waals surface area contributed by atoms with E-state index in [1.54, 1.807) is 6.92 Å². The van der Waals surface area contributed by atoms with Crippen molar-refractivity contribution < 1.29 is 13.9 Å². The van der Waals surface area contributed by atoms with Crippen molar-refractivity contribution in [1.29, 1.82) is 0 Å². The average Bonchev–Trinajstić information content (AvgIpc) is 2.37. The lowest BCUT2D eigenvalue weighted by Crippen LogP contribution is -2.35. The van der Waals surface area contributed by atoms with Crippen molar-refractivity contribution in [3.05, 3.63) is 35.1 Å². The molecule has 0 radical (unpaired) electrons. The fourth-order valence-corrected chi connectivity index (χ4v) is 2.15. The zero-order valence-corrected chi connectivity index (χ0v) is 10.5. The number of ether oxygens (including phenoxy) is 1. The minimum absolute atomic E-state index is 0.114. The van der Waals surface area contributed by atoms with E-state index in [1.807, 2.05) is 0 Å². The molecule has 1 aliphatic rings. The van der Waals surface area contributed by atoms with Gasteiger partial charge in [-0.05, 0) is 49.9 Å². The molecule has 0 aliphatic carbocycles. The molecule has 1 unspecified atom stereocenters. The Hall–Kier alpha value is -1.42. The molecule has 2 rings (SSSR count). The average molecular weight is 251 g/mol. The first-order valence-corrected chi connectivity index (χ1v) is 6.33. The molecule has 1 fully saturated rings. The third-order valence-electron chi connectivity index (χ3n) is 3.20. The van der Waals surface area contributed by atoms with Crippen molar-refractivity contribution >= 4 is 5.91 Å². The first kappa shape index (κ1) is 13.0. The number of benzene rings is 1. The monoisotopic (exact) mass is 251 g/mol. The molecule has 4 heteroatoms. The Morgan fingerprint density at radius 1 is 1.50 bits per heavy atom. The highest BCUT2D eigenvalue weighted by Gasteiger charge is 2.16. The quantitative estimate of drug-likeness (QED) is 0.896. The van der Waals surface area contributed by atoms with Gasteiger partial charge < -0.3 is 10.1 Å². The second-order valence-electron chi connectivity index (χ2n) is 4.66. The minimum Gasteiger partial charge on any atom is -0.376 e. The summed E-state index contributed by atoms with van der Waals surface area (Å²) < 4.78 is 18.5. The van der Waals surface area contributed by atoms with Crippen LogP contribution in [-0.2, 0) is 4.74 Å². The maximum Gasteiger partial charge on any atom is 0.251 e. The lowest BCUT2D eigenvalue weighted by atomic mass is 10.1. The molecule has 1 atom stereocenters. The highest BCUT2D eigenvalue weighted by atomic mass is 19.1. The van der Waals surface area contributed by atoms with E-state index in [1.165, 1.54) is 18.2 Å². The molecular formula is C14H18FNO2. The molecule has 0 spiro atoms. The number of carbonyl (C=O) groups is 1. The molecule has 1 aliphatic heterocycles. The molecule has 1 heterocycles. The maximum absolute atomic E-state index is 12.9. The van der Waals surface area contributed by atoms with Crippen LogP contribution in [0.1, 0.15) is 35.2 Å². The summed E-state index contributed by atoms with van der Waals surface area (Å²) in [4.78, 5) is 11.9. The van der Waals surface area contributed by atoms with Gasteiger partial charge in [-0.1, -0.05) is 0 Å². The summed E-state index contributed by atoms with van der Waals surface area (Å²) >= 11 is 0. The van der Waals surface area contributed by atoms with Gasteiger partial charge in [0.2, 0.25) is 0 Å². The van der Waals surface area contributed by atoms with Gasteiger partial charge in [0.15, 0.2) is 0 Å². The first-order chi connectivity index (χ1) is 8.66. The van der Waals surface area contributed by atoms with Gasteiger partial charge in [-0.2, -0.15) is 0 Å². The zero-order chi connectivity index (χ0) is 13.0. The van der Waals surface area contributed by atoms with E-state index in [2.05, 4.69) is 5.32 Å². The summed E-state index contributed by atoms with van der Waals surface area (Å²) in [6, 6.07) is 4.19. The standard InChI is InChI=1S/C14H18FNO2/c1-10-8-11(15)5-6-13(10)14(17)16-9-12-4-2-3-7-18-12/h5-6,8,12H,2-4,7,9H2,1H3,(H,16,17). The van der Waals surface area contributed by atoms with E-state index in [4.69, 9.17) is 4.74 Å². The van der Waals surface area contributed by atoms with Crippen LogP contribution in [-0.4, -0.2) is 25.2 Å². The summed E-state index contributed by atoms with van der Waals surface area (Å²) in [5.74, 6) is -0.485. The second kappa shape index (κ2) is 5.96. The highest BCUT2D eigenvalue weighted by Crippen LogP contribution is 2.13. The zero-order valence-electron chi connectivity index (χ0n) is 10.5. The fourth-order valence-electron chi connectivity index (χ4n) is 2.15. The molecule has 1 saturated heterocycles. The van der Waals surface area contributed by atoms with Crippen molar-refractivity contribution in [2.24, 2.45) is 0 Å². The lowest BCUT2D eigenvalue weighted by Gasteiger charge is -2.22. The predicted octanol–water partition coefficient (Wildman–Crippen LogP) is 2.43. The molecule has 18 heavy (non-hydrogen) atoms. The van der Waals surface area contributed by atoms with Crippen molar-refractivity contribution in [1.82, 2.24) is 5.32 Å². The SMILES string of the molecule is Cc1cc(F)ccc1C(=O)NCC1CCCCO1. The van der Waals surface area contributed by atoms with Crippen LogP contribution < -0.4 is 5.32 Å². The van der Waals surface area contributed by atoms with Crippen LogP contribution in [0.5, 0.6) is 0 Å². The van der Waals surface area contributed by atoms with E-state index >= 15 is 0 Å². The molecule has 0 bridgehead atoms. The van der Waals surface area contributed by atoms with E-state index in [9.17, 15) is 9.18 Å². The third-order valence-corrected chi connectivity index (χ3v) is 3.20. The molecule has 1 amide bonds. The Morgan fingerprint density at radius 3 is 3.00 bits per heavy atom. The van der Waals surface area contributed by atoms with Crippen LogP contribution >= 0.6 is 0 Å². The Bertz CT molecular complexity index is 428. The van der Waals surface area contributed by atoms with Gasteiger partial charge in [-0.3, -0.25) is 4.79 Å². The molecule has 1 aromatic carbocycles. The Kier molecular flexibility index (Phi) is 4.31. The molecule has 1 N–H and O–H groups in total. The van der Waals surface area contributed by atoms with Crippen molar-refractivity contribution in [3.8, 4) is 0 Å². The Balaban J connectivity index is 1.90. The van der Waals surface area contributed by atoms with Gasteiger partial charge in [-0.25, -0.2) is 4.39 Å². The van der Waals surface area contributed by atoms with Gasteiger partial charge in [0.05, 0.1) is 6.10 Å². The molecule has 98 valence electrons. The van der Waals surface area contributed by atoms with E-state index in [0.717, 1.165) is 25.9 Å². The van der Waals surface area contributed by atoms with Gasteiger partial charge in [0.25, 0.3) is 5.91 Å². The summed E-state index contributed by atoms with van der Waals surface area (Å²) in [7, 11) is 0. The van der Waals surface area contributed by atoms with Crippen LogP contribution in [0.4, 0.5) is 4.39 Å². The number of rotatable bonds is 3. The minimum atomic E-state index is -0.320. The molecule has 0 saturated carbocycles. The summed E-state index contributed by atoms with van der Waals surface area (Å²) in [5, 5.41) is 2.84. The number of carbonyl (C=O) groups excluding carboxylic acids is 1. The van der Waals surface area contributed by atoms with Gasteiger partial charge >= 0.3 is 0 Å². The number of hydrogen-bond donors (Lipinski definition) is 1. The number of halogens is 1. The highest BCUT2D eigenvalue weighted by molar-refractivity contribution is 5.95. The number of nitrogens with one attached hydrogen (secondary N) is 1. The van der Waals surface area contributed by atoms with Gasteiger partial charge in [-0.15, -0.1) is 0 Å². The molecule has 1 aromatic rings. The summed E-state index contributed by atoms with van der Waals surface area (Å²) in [5.41, 5.74) is 1.17. The third kappa shape index (κ3) is 3.29. The Morgan fingerprint density at radius 2 is 2.33 bits per heavy atom. The number of amides is 1. The van der Waals surface area contributed by atoms with Crippen LogP contribution in [0.2, 0.25) is 0 Å². The largest absolute Gasteiger partial charge is 0.376 e.